The van der Waals surface area contributed by atoms with Crippen molar-refractivity contribution < 1.29 is 4.79 Å². The summed E-state index contributed by atoms with van der Waals surface area (Å²) in [6.45, 7) is 0.343. The van der Waals surface area contributed by atoms with E-state index in [9.17, 15) is 4.79 Å². The summed E-state index contributed by atoms with van der Waals surface area (Å²) < 4.78 is 0. The summed E-state index contributed by atoms with van der Waals surface area (Å²) in [7, 11) is 0. The Morgan fingerprint density at radius 1 is 1.86 bits per heavy atom. The molecule has 1 aliphatic heterocycles. The summed E-state index contributed by atoms with van der Waals surface area (Å²) in [5.41, 5.74) is 2.56. The van der Waals surface area contributed by atoms with Gasteiger partial charge in [0.05, 0.1) is 12.3 Å². The number of rotatable bonds is 2. The van der Waals surface area contributed by atoms with E-state index in [0.717, 1.165) is 0 Å². The predicted octanol–water partition coefficient (Wildman–Crippen LogP) is -0.782. The van der Waals surface area contributed by atoms with Crippen LogP contribution in [0.5, 0.6) is 0 Å². The number of carbonyl (C=O) groups excluding carboxylic acids is 1. The van der Waals surface area contributed by atoms with E-state index in [1.54, 1.807) is 0 Å². The minimum absolute atomic E-state index is 0.0574. The maximum Gasteiger partial charge on any atom is 0.236 e. The molecule has 1 heterocycles. The minimum Gasteiger partial charge on any atom is -0.350 e. The van der Waals surface area contributed by atoms with Crippen molar-refractivity contribution >= 4 is 40.2 Å². The van der Waals surface area contributed by atoms with Crippen molar-refractivity contribution in [2.45, 2.75) is 0 Å². The number of carbonyl (C=O) groups is 1. The van der Waals surface area contributed by atoms with Crippen LogP contribution in [0.3, 0.4) is 0 Å². The molecule has 1 aliphatic rings. The number of hydrogen-bond donors (Lipinski definition) is 3. The largest absolute Gasteiger partial charge is 0.350 e. The molecule has 0 spiro atoms. The van der Waals surface area contributed by atoms with Crippen LogP contribution < -0.4 is 16.1 Å². The molecule has 1 saturated heterocycles. The highest BCUT2D eigenvalue weighted by molar-refractivity contribution is 8.15. The number of nitrogens with one attached hydrogen (secondary N) is 3. The number of terminal acetylenes is 1. The van der Waals surface area contributed by atoms with E-state index < -0.39 is 0 Å². The monoisotopic (exact) mass is 228 g/mol. The van der Waals surface area contributed by atoms with Gasteiger partial charge in [0.1, 0.15) is 0 Å². The van der Waals surface area contributed by atoms with Gasteiger partial charge in [0.25, 0.3) is 0 Å². The smallest absolute Gasteiger partial charge is 0.236 e. The van der Waals surface area contributed by atoms with Crippen molar-refractivity contribution in [1.29, 1.82) is 0 Å². The Morgan fingerprint density at radius 2 is 2.64 bits per heavy atom. The third-order valence-corrected chi connectivity index (χ3v) is 2.31. The maximum atomic E-state index is 10.8. The Hall–Kier alpha value is -1.26. The van der Waals surface area contributed by atoms with Gasteiger partial charge in [-0.25, -0.2) is 0 Å². The zero-order chi connectivity index (χ0) is 10.4. The zero-order valence-corrected chi connectivity index (χ0v) is 8.80. The molecule has 1 amide bonds. The second kappa shape index (κ2) is 5.47. The number of nitrogens with zero attached hydrogens (tertiary/aromatic N) is 1. The van der Waals surface area contributed by atoms with E-state index in [1.165, 1.54) is 11.8 Å². The highest BCUT2D eigenvalue weighted by Crippen LogP contribution is 2.07. The van der Waals surface area contributed by atoms with Crippen LogP contribution in [-0.4, -0.2) is 28.5 Å². The van der Waals surface area contributed by atoms with Crippen molar-refractivity contribution in [1.82, 2.24) is 16.1 Å². The third kappa shape index (κ3) is 3.64. The maximum absolute atomic E-state index is 10.8. The zero-order valence-electron chi connectivity index (χ0n) is 7.16. The van der Waals surface area contributed by atoms with Crippen molar-refractivity contribution in [2.75, 3.05) is 12.3 Å². The molecule has 0 aromatic rings. The lowest BCUT2D eigenvalue weighted by Crippen LogP contribution is -2.33. The Balaban J connectivity index is 2.29. The van der Waals surface area contributed by atoms with Gasteiger partial charge in [-0.15, -0.1) is 11.5 Å². The minimum atomic E-state index is -0.0574. The van der Waals surface area contributed by atoms with Gasteiger partial charge < -0.3 is 10.6 Å². The van der Waals surface area contributed by atoms with Crippen LogP contribution in [0.15, 0.2) is 5.10 Å². The first-order valence-corrected chi connectivity index (χ1v) is 5.09. The lowest BCUT2D eigenvalue weighted by Gasteiger charge is -2.03. The van der Waals surface area contributed by atoms with Gasteiger partial charge in [-0.3, -0.25) is 10.2 Å². The average Bonchev–Trinajstić information content (AvgIpc) is 2.58. The fourth-order valence-corrected chi connectivity index (χ4v) is 1.41. The number of thiocarbonyl (C=S) groups is 1. The van der Waals surface area contributed by atoms with Crippen molar-refractivity contribution in [3.8, 4) is 12.3 Å². The Labute approximate surface area is 91.1 Å². The molecule has 7 heteroatoms. The molecular formula is C7H8N4OS2. The normalized spacial score (nSPS) is 17.4. The van der Waals surface area contributed by atoms with Gasteiger partial charge in [-0.1, -0.05) is 17.7 Å². The van der Waals surface area contributed by atoms with E-state index in [-0.39, 0.29) is 5.91 Å². The first kappa shape index (κ1) is 10.8. The molecular weight excluding hydrogens is 220 g/mol. The lowest BCUT2D eigenvalue weighted by molar-refractivity contribution is -0.116. The highest BCUT2D eigenvalue weighted by Gasteiger charge is 2.16. The first-order valence-electron chi connectivity index (χ1n) is 3.70. The summed E-state index contributed by atoms with van der Waals surface area (Å²) in [4.78, 5) is 10.8. The van der Waals surface area contributed by atoms with Gasteiger partial charge in [0.2, 0.25) is 5.91 Å². The molecule has 1 fully saturated rings. The Morgan fingerprint density at radius 3 is 3.21 bits per heavy atom. The molecule has 0 atom stereocenters. The SMILES string of the molecule is C#CCNC(=S)NN=C1NC(=O)CS1. The first-order chi connectivity index (χ1) is 6.72. The van der Waals surface area contributed by atoms with Crippen molar-refractivity contribution in [3.05, 3.63) is 0 Å². The van der Waals surface area contributed by atoms with E-state index >= 15 is 0 Å². The quantitative estimate of drug-likeness (QED) is 0.329. The van der Waals surface area contributed by atoms with Gasteiger partial charge in [0.15, 0.2) is 10.3 Å². The fourth-order valence-electron chi connectivity index (χ4n) is 0.658. The molecule has 5 nitrogen and oxygen atoms in total. The summed E-state index contributed by atoms with van der Waals surface area (Å²) in [5.74, 6) is 2.71. The number of hydrogen-bond acceptors (Lipinski definition) is 4. The molecule has 74 valence electrons. The van der Waals surface area contributed by atoms with Gasteiger partial charge in [0, 0.05) is 0 Å². The summed E-state index contributed by atoms with van der Waals surface area (Å²) in [6.07, 6.45) is 5.02. The van der Waals surface area contributed by atoms with Crippen LogP contribution >= 0.6 is 24.0 Å². The predicted molar refractivity (Wildman–Crippen MR) is 60.6 cm³/mol. The Bertz CT molecular complexity index is 320. The molecule has 0 saturated carbocycles. The number of hydrazone groups is 1. The molecule has 0 radical (unpaired) electrons. The number of thioether (sulfide) groups is 1. The van der Waals surface area contributed by atoms with Gasteiger partial charge >= 0.3 is 0 Å². The van der Waals surface area contributed by atoms with Crippen LogP contribution in [0.4, 0.5) is 0 Å². The van der Waals surface area contributed by atoms with E-state index in [2.05, 4.69) is 27.1 Å². The van der Waals surface area contributed by atoms with Crippen molar-refractivity contribution in [2.24, 2.45) is 5.10 Å². The van der Waals surface area contributed by atoms with Gasteiger partial charge in [-0.05, 0) is 12.2 Å². The van der Waals surface area contributed by atoms with Crippen LogP contribution in [0.1, 0.15) is 0 Å². The van der Waals surface area contributed by atoms with E-state index in [4.69, 9.17) is 18.6 Å². The van der Waals surface area contributed by atoms with E-state index in [1.807, 2.05) is 0 Å². The Kier molecular flexibility index (Phi) is 4.22. The van der Waals surface area contributed by atoms with Crippen molar-refractivity contribution in [3.63, 3.8) is 0 Å². The number of amidine groups is 1. The summed E-state index contributed by atoms with van der Waals surface area (Å²) >= 11 is 6.15. The van der Waals surface area contributed by atoms with Gasteiger partial charge in [-0.2, -0.15) is 0 Å². The molecule has 1 rings (SSSR count). The van der Waals surface area contributed by atoms with Crippen LogP contribution in [0.2, 0.25) is 0 Å². The second-order valence-electron chi connectivity index (χ2n) is 2.25. The molecule has 0 aromatic heterocycles. The molecule has 0 aromatic carbocycles. The molecule has 3 N–H and O–H groups in total. The summed E-state index contributed by atoms with van der Waals surface area (Å²) in [6, 6.07) is 0. The number of amides is 1. The van der Waals surface area contributed by atoms with E-state index in [0.29, 0.717) is 22.6 Å². The summed E-state index contributed by atoms with van der Waals surface area (Å²) in [5, 5.41) is 9.97. The standard InChI is InChI=1S/C7H8N4OS2/c1-2-3-8-6(13)10-11-7-9-5(12)4-14-7/h1H,3-4H2,(H2,8,10,13)(H,9,11,12). The molecule has 0 unspecified atom stereocenters. The van der Waals surface area contributed by atoms with Crippen LogP contribution in [0, 0.1) is 12.3 Å². The third-order valence-electron chi connectivity index (χ3n) is 1.20. The molecule has 0 bridgehead atoms. The molecule has 14 heavy (non-hydrogen) atoms. The fraction of sp³-hybridized carbons (Fsp3) is 0.286. The van der Waals surface area contributed by atoms with Crippen LogP contribution in [0.25, 0.3) is 0 Å². The second-order valence-corrected chi connectivity index (χ2v) is 3.62. The highest BCUT2D eigenvalue weighted by atomic mass is 32.2. The molecule has 0 aliphatic carbocycles. The average molecular weight is 228 g/mol. The lowest BCUT2D eigenvalue weighted by atomic mass is 10.7. The van der Waals surface area contributed by atoms with Crippen LogP contribution in [-0.2, 0) is 4.79 Å². The topological polar surface area (TPSA) is 65.5 Å².